The van der Waals surface area contributed by atoms with Gasteiger partial charge in [0.05, 0.1) is 23.2 Å². The number of methoxy groups -OCH3 is 1. The predicted molar refractivity (Wildman–Crippen MR) is 105 cm³/mol. The number of rotatable bonds is 3. The summed E-state index contributed by atoms with van der Waals surface area (Å²) in [5.74, 6) is 0.898. The molecule has 0 fully saturated rings. The van der Waals surface area contributed by atoms with Crippen LogP contribution in [-0.2, 0) is 6.54 Å². The monoisotopic (exact) mass is 349 g/mol. The van der Waals surface area contributed by atoms with E-state index in [0.717, 1.165) is 12.3 Å². The van der Waals surface area contributed by atoms with Crippen LogP contribution in [0.2, 0.25) is 0 Å². The minimum atomic E-state index is 0.898. The zero-order valence-corrected chi connectivity index (χ0v) is 15.5. The number of aromatic nitrogens is 1. The Balaban J connectivity index is 1.79. The molecule has 0 amide bonds. The smallest absolute Gasteiger partial charge is 0.213 e. The van der Waals surface area contributed by atoms with Crippen molar-refractivity contribution >= 4 is 34.4 Å². The predicted octanol–water partition coefficient (Wildman–Crippen LogP) is 4.70. The van der Waals surface area contributed by atoms with Crippen molar-refractivity contribution in [1.82, 2.24) is 0 Å². The highest BCUT2D eigenvalue weighted by molar-refractivity contribution is 8.03. The van der Waals surface area contributed by atoms with E-state index in [2.05, 4.69) is 78.2 Å². The van der Waals surface area contributed by atoms with Gasteiger partial charge in [0.15, 0.2) is 6.20 Å². The molecule has 4 heteroatoms. The molecule has 0 radical (unpaired) electrons. The molecule has 25 heavy (non-hydrogen) atoms. The number of aryl methyl sites for hydroxylation is 1. The van der Waals surface area contributed by atoms with Crippen molar-refractivity contribution in [1.29, 1.82) is 0 Å². The number of para-hydroxylation sites is 1. The maximum Gasteiger partial charge on any atom is 0.213 e. The summed E-state index contributed by atoms with van der Waals surface area (Å²) in [5, 5.41) is 2.50. The van der Waals surface area contributed by atoms with Gasteiger partial charge in [-0.05, 0) is 42.8 Å². The molecule has 1 aliphatic rings. The molecule has 0 saturated heterocycles. The van der Waals surface area contributed by atoms with E-state index in [-0.39, 0.29) is 0 Å². The van der Waals surface area contributed by atoms with Crippen molar-refractivity contribution < 1.29 is 9.30 Å². The molecule has 0 aliphatic carbocycles. The van der Waals surface area contributed by atoms with Crippen molar-refractivity contribution in [2.45, 2.75) is 18.4 Å². The van der Waals surface area contributed by atoms with E-state index in [1.54, 1.807) is 18.9 Å². The molecule has 2 heterocycles. The van der Waals surface area contributed by atoms with E-state index in [1.165, 1.54) is 32.1 Å². The number of nitrogens with zero attached hydrogens (tertiary/aromatic N) is 2. The molecule has 0 atom stereocenters. The van der Waals surface area contributed by atoms with E-state index in [0.29, 0.717) is 0 Å². The maximum atomic E-state index is 5.36. The Labute approximate surface area is 152 Å². The molecule has 126 valence electrons. The third-order valence-corrected chi connectivity index (χ3v) is 5.80. The molecule has 2 aromatic carbocycles. The van der Waals surface area contributed by atoms with E-state index >= 15 is 0 Å². The van der Waals surface area contributed by atoms with Gasteiger partial charge in [-0.25, -0.2) is 0 Å². The van der Waals surface area contributed by atoms with Gasteiger partial charge in [0.2, 0.25) is 5.52 Å². The van der Waals surface area contributed by atoms with E-state index in [9.17, 15) is 0 Å². The quantitative estimate of drug-likeness (QED) is 0.638. The topological polar surface area (TPSA) is 16.4 Å². The molecule has 0 spiro atoms. The number of pyridine rings is 1. The zero-order chi connectivity index (χ0) is 17.4. The number of anilines is 1. The van der Waals surface area contributed by atoms with Crippen LogP contribution in [0, 0.1) is 0 Å². The van der Waals surface area contributed by atoms with Crippen LogP contribution in [0.3, 0.4) is 0 Å². The molecule has 1 aromatic heterocycles. The number of fused-ring (bicyclic) bond motifs is 2. The molecule has 1 aliphatic heterocycles. The first-order valence-corrected chi connectivity index (χ1v) is 9.25. The fourth-order valence-electron chi connectivity index (χ4n) is 3.25. The number of benzene rings is 2. The molecule has 3 nitrogen and oxygen atoms in total. The second-order valence-corrected chi connectivity index (χ2v) is 7.11. The SMILES string of the molecule is CC[n+]1ccc(/C=C2\Sc3cc(OC)ccc3N2C)c2ccccc21. The van der Waals surface area contributed by atoms with Gasteiger partial charge in [0, 0.05) is 24.1 Å². The average Bonchev–Trinajstić information content (AvgIpc) is 2.97. The van der Waals surface area contributed by atoms with Crippen molar-refractivity contribution in [3.8, 4) is 5.75 Å². The fourth-order valence-corrected chi connectivity index (χ4v) is 4.38. The summed E-state index contributed by atoms with van der Waals surface area (Å²) in [6.07, 6.45) is 4.45. The van der Waals surface area contributed by atoms with Crippen LogP contribution in [0.1, 0.15) is 12.5 Å². The Morgan fingerprint density at radius 1 is 1.16 bits per heavy atom. The molecular formula is C21H21N2OS+. The molecule has 0 bridgehead atoms. The third kappa shape index (κ3) is 2.76. The maximum absolute atomic E-state index is 5.36. The summed E-state index contributed by atoms with van der Waals surface area (Å²) >= 11 is 1.79. The summed E-state index contributed by atoms with van der Waals surface area (Å²) < 4.78 is 7.64. The first-order chi connectivity index (χ1) is 12.2. The van der Waals surface area contributed by atoms with Crippen LogP contribution in [0.15, 0.2) is 64.7 Å². The second kappa shape index (κ2) is 6.45. The van der Waals surface area contributed by atoms with Crippen LogP contribution in [0.5, 0.6) is 5.75 Å². The summed E-state index contributed by atoms with van der Waals surface area (Å²) in [6.45, 7) is 3.15. The Bertz CT molecular complexity index is 981. The lowest BCUT2D eigenvalue weighted by Crippen LogP contribution is -2.32. The summed E-state index contributed by atoms with van der Waals surface area (Å²) in [6, 6.07) is 17.0. The Kier molecular flexibility index (Phi) is 4.14. The average molecular weight is 349 g/mol. The van der Waals surface area contributed by atoms with Gasteiger partial charge in [-0.15, -0.1) is 0 Å². The molecule has 3 aromatic rings. The highest BCUT2D eigenvalue weighted by Crippen LogP contribution is 2.47. The van der Waals surface area contributed by atoms with Crippen molar-refractivity contribution in [2.24, 2.45) is 0 Å². The van der Waals surface area contributed by atoms with E-state index in [1.807, 2.05) is 6.07 Å². The first-order valence-electron chi connectivity index (χ1n) is 8.43. The minimum Gasteiger partial charge on any atom is -0.497 e. The summed E-state index contributed by atoms with van der Waals surface area (Å²) in [5.41, 5.74) is 3.74. The Morgan fingerprint density at radius 3 is 2.80 bits per heavy atom. The fraction of sp³-hybridized carbons (Fsp3) is 0.190. The van der Waals surface area contributed by atoms with Crippen molar-refractivity contribution in [2.75, 3.05) is 19.1 Å². The highest BCUT2D eigenvalue weighted by Gasteiger charge is 2.23. The first kappa shape index (κ1) is 16.0. The molecular weight excluding hydrogens is 328 g/mol. The van der Waals surface area contributed by atoms with Crippen LogP contribution in [0.4, 0.5) is 5.69 Å². The van der Waals surface area contributed by atoms with Crippen LogP contribution in [-0.4, -0.2) is 14.2 Å². The van der Waals surface area contributed by atoms with Crippen LogP contribution in [0.25, 0.3) is 17.0 Å². The van der Waals surface area contributed by atoms with Gasteiger partial charge >= 0.3 is 0 Å². The van der Waals surface area contributed by atoms with Gasteiger partial charge in [0.25, 0.3) is 0 Å². The highest BCUT2D eigenvalue weighted by atomic mass is 32.2. The Hall–Kier alpha value is -2.46. The van der Waals surface area contributed by atoms with Crippen LogP contribution >= 0.6 is 11.8 Å². The van der Waals surface area contributed by atoms with E-state index < -0.39 is 0 Å². The van der Waals surface area contributed by atoms with Gasteiger partial charge in [-0.3, -0.25) is 0 Å². The number of thioether (sulfide) groups is 1. The van der Waals surface area contributed by atoms with Crippen LogP contribution < -0.4 is 14.2 Å². The van der Waals surface area contributed by atoms with Gasteiger partial charge in [-0.2, -0.15) is 4.57 Å². The van der Waals surface area contributed by atoms with Crippen molar-refractivity contribution in [3.05, 3.63) is 65.3 Å². The van der Waals surface area contributed by atoms with E-state index in [4.69, 9.17) is 4.74 Å². The zero-order valence-electron chi connectivity index (χ0n) is 14.7. The number of hydrogen-bond acceptors (Lipinski definition) is 3. The second-order valence-electron chi connectivity index (χ2n) is 6.05. The summed E-state index contributed by atoms with van der Waals surface area (Å²) in [4.78, 5) is 3.48. The minimum absolute atomic E-state index is 0.898. The normalized spacial score (nSPS) is 15.0. The molecule has 4 rings (SSSR count). The lowest BCUT2D eigenvalue weighted by Gasteiger charge is -2.14. The van der Waals surface area contributed by atoms with Crippen molar-refractivity contribution in [3.63, 3.8) is 0 Å². The van der Waals surface area contributed by atoms with Gasteiger partial charge in [0.1, 0.15) is 12.3 Å². The number of ether oxygens (including phenoxy) is 1. The largest absolute Gasteiger partial charge is 0.497 e. The van der Waals surface area contributed by atoms with Gasteiger partial charge < -0.3 is 9.64 Å². The molecule has 0 saturated carbocycles. The molecule has 0 unspecified atom stereocenters. The lowest BCUT2D eigenvalue weighted by molar-refractivity contribution is -0.667. The standard InChI is InChI=1S/C21H21N2OS/c1-4-23-12-11-15(17-7-5-6-8-18(17)23)13-21-22(2)19-10-9-16(24-3)14-20(19)25-21/h5-14H,4H2,1-3H3/q+1. The summed E-state index contributed by atoms with van der Waals surface area (Å²) in [7, 11) is 3.83. The van der Waals surface area contributed by atoms with Gasteiger partial charge in [-0.1, -0.05) is 23.9 Å². The number of hydrogen-bond donors (Lipinski definition) is 0. The Morgan fingerprint density at radius 2 is 2.00 bits per heavy atom. The molecule has 0 N–H and O–H groups in total. The third-order valence-electron chi connectivity index (χ3n) is 4.65. The lowest BCUT2D eigenvalue weighted by atomic mass is 10.1.